The number of benzene rings is 2. The molecule has 2 aromatic rings. The normalized spacial score (nSPS) is 12.7. The van der Waals surface area contributed by atoms with Gasteiger partial charge >= 0.3 is 6.18 Å². The summed E-state index contributed by atoms with van der Waals surface area (Å²) in [7, 11) is -2.72. The van der Waals surface area contributed by atoms with Crippen molar-refractivity contribution in [2.75, 3.05) is 24.2 Å². The zero-order valence-electron chi connectivity index (χ0n) is 21.7. The Morgan fingerprint density at radius 2 is 1.71 bits per heavy atom. The number of nitrogens with one attached hydrogen (secondary N) is 1. The van der Waals surface area contributed by atoms with Gasteiger partial charge in [-0.15, -0.1) is 0 Å². The molecule has 210 valence electrons. The van der Waals surface area contributed by atoms with Crippen LogP contribution >= 0.6 is 11.6 Å². The van der Waals surface area contributed by atoms with E-state index in [2.05, 4.69) is 5.32 Å². The van der Waals surface area contributed by atoms with Crippen LogP contribution in [0, 0.1) is 0 Å². The van der Waals surface area contributed by atoms with Crippen LogP contribution in [-0.2, 0) is 32.3 Å². The Bertz CT molecular complexity index is 1240. The molecular formula is C25H31ClF3N3O5S. The van der Waals surface area contributed by atoms with Gasteiger partial charge in [0.2, 0.25) is 21.8 Å². The molecule has 2 aromatic carbocycles. The van der Waals surface area contributed by atoms with Gasteiger partial charge in [0.1, 0.15) is 18.3 Å². The number of alkyl halides is 3. The maximum absolute atomic E-state index is 13.6. The van der Waals surface area contributed by atoms with Gasteiger partial charge in [-0.2, -0.15) is 13.2 Å². The monoisotopic (exact) mass is 577 g/mol. The molecule has 0 heterocycles. The predicted octanol–water partition coefficient (Wildman–Crippen LogP) is 4.47. The highest BCUT2D eigenvalue weighted by atomic mass is 35.5. The van der Waals surface area contributed by atoms with Crippen molar-refractivity contribution < 1.29 is 35.9 Å². The lowest BCUT2D eigenvalue weighted by molar-refractivity contribution is -0.140. The molecule has 38 heavy (non-hydrogen) atoms. The standard InChI is InChI=1S/C25H31ClF3N3O5S/c1-6-22(24(34)30-16(2)3)31(14-17-7-10-19(37-4)11-8-17)23(33)15-32(38(5,35)36)18-9-12-21(26)20(13-18)25(27,28)29/h7-13,16,22H,6,14-15H2,1-5H3,(H,30,34)/t22-/m1/s1. The average molecular weight is 578 g/mol. The minimum absolute atomic E-state index is 0.0567. The Labute approximate surface area is 225 Å². The maximum Gasteiger partial charge on any atom is 0.417 e. The highest BCUT2D eigenvalue weighted by molar-refractivity contribution is 7.92. The lowest BCUT2D eigenvalue weighted by Crippen LogP contribution is -2.53. The SMILES string of the molecule is CC[C@H](C(=O)NC(C)C)N(Cc1ccc(OC)cc1)C(=O)CN(c1ccc(Cl)c(C(F)(F)F)c1)S(C)(=O)=O. The van der Waals surface area contributed by atoms with E-state index < -0.39 is 51.2 Å². The van der Waals surface area contributed by atoms with E-state index in [0.29, 0.717) is 21.7 Å². The number of methoxy groups -OCH3 is 1. The molecule has 13 heteroatoms. The summed E-state index contributed by atoms with van der Waals surface area (Å²) in [6.45, 7) is 4.31. The van der Waals surface area contributed by atoms with Gasteiger partial charge in [0.15, 0.2) is 0 Å². The highest BCUT2D eigenvalue weighted by Crippen LogP contribution is 2.37. The third-order valence-corrected chi connectivity index (χ3v) is 7.02. The average Bonchev–Trinajstić information content (AvgIpc) is 2.81. The Morgan fingerprint density at radius 3 is 2.18 bits per heavy atom. The fraction of sp³-hybridized carbons (Fsp3) is 0.440. The van der Waals surface area contributed by atoms with Gasteiger partial charge in [0.25, 0.3) is 0 Å². The van der Waals surface area contributed by atoms with Crippen LogP contribution in [0.3, 0.4) is 0 Å². The zero-order valence-corrected chi connectivity index (χ0v) is 23.2. The van der Waals surface area contributed by atoms with Gasteiger partial charge in [0.05, 0.1) is 29.6 Å². The molecule has 0 saturated carbocycles. The first kappa shape index (κ1) is 31.2. The molecule has 0 fully saturated rings. The molecule has 0 aromatic heterocycles. The van der Waals surface area contributed by atoms with Gasteiger partial charge in [-0.05, 0) is 56.2 Å². The van der Waals surface area contributed by atoms with Crippen LogP contribution in [0.4, 0.5) is 18.9 Å². The molecule has 0 radical (unpaired) electrons. The van der Waals surface area contributed by atoms with E-state index in [0.717, 1.165) is 18.4 Å². The molecule has 0 unspecified atom stereocenters. The lowest BCUT2D eigenvalue weighted by Gasteiger charge is -2.33. The summed E-state index contributed by atoms with van der Waals surface area (Å²) in [5, 5.41) is 2.14. The van der Waals surface area contributed by atoms with Crippen LogP contribution in [-0.4, -0.2) is 57.1 Å². The van der Waals surface area contributed by atoms with Crippen LogP contribution in [0.2, 0.25) is 5.02 Å². The molecule has 1 atom stereocenters. The van der Waals surface area contributed by atoms with Crippen molar-refractivity contribution in [1.29, 1.82) is 0 Å². The lowest BCUT2D eigenvalue weighted by atomic mass is 10.1. The molecule has 1 N–H and O–H groups in total. The van der Waals surface area contributed by atoms with E-state index in [4.69, 9.17) is 16.3 Å². The summed E-state index contributed by atoms with van der Waals surface area (Å²) < 4.78 is 71.3. The first-order valence-electron chi connectivity index (χ1n) is 11.7. The molecule has 0 aliphatic heterocycles. The summed E-state index contributed by atoms with van der Waals surface area (Å²) in [6.07, 6.45) is -3.86. The maximum atomic E-state index is 13.6. The number of ether oxygens (including phenoxy) is 1. The molecule has 0 spiro atoms. The van der Waals surface area contributed by atoms with E-state index in [1.54, 1.807) is 45.0 Å². The number of nitrogens with zero attached hydrogens (tertiary/aromatic N) is 2. The third kappa shape index (κ3) is 8.26. The minimum Gasteiger partial charge on any atom is -0.497 e. The van der Waals surface area contributed by atoms with Gasteiger partial charge < -0.3 is 15.0 Å². The van der Waals surface area contributed by atoms with Crippen molar-refractivity contribution in [2.24, 2.45) is 0 Å². The van der Waals surface area contributed by atoms with Crippen LogP contribution in [0.1, 0.15) is 38.3 Å². The number of amides is 2. The van der Waals surface area contributed by atoms with E-state index in [1.165, 1.54) is 12.0 Å². The van der Waals surface area contributed by atoms with Crippen LogP contribution in [0.25, 0.3) is 0 Å². The Morgan fingerprint density at radius 1 is 1.11 bits per heavy atom. The molecule has 0 aliphatic rings. The van der Waals surface area contributed by atoms with Gasteiger partial charge in [-0.3, -0.25) is 13.9 Å². The molecule has 8 nitrogen and oxygen atoms in total. The first-order valence-corrected chi connectivity index (χ1v) is 13.9. The van der Waals surface area contributed by atoms with Crippen molar-refractivity contribution in [3.05, 3.63) is 58.6 Å². The number of sulfonamides is 1. The van der Waals surface area contributed by atoms with E-state index in [1.807, 2.05) is 0 Å². The van der Waals surface area contributed by atoms with E-state index >= 15 is 0 Å². The van der Waals surface area contributed by atoms with Crippen molar-refractivity contribution >= 4 is 39.1 Å². The topological polar surface area (TPSA) is 96.0 Å². The third-order valence-electron chi connectivity index (χ3n) is 5.55. The fourth-order valence-corrected chi connectivity index (χ4v) is 4.79. The number of carbonyl (C=O) groups excluding carboxylic acids is 2. The second-order valence-corrected chi connectivity index (χ2v) is 11.2. The summed E-state index contributed by atoms with van der Waals surface area (Å²) in [6, 6.07) is 8.11. The number of rotatable bonds is 11. The molecular weight excluding hydrogens is 547 g/mol. The summed E-state index contributed by atoms with van der Waals surface area (Å²) in [5.41, 5.74) is -0.996. The van der Waals surface area contributed by atoms with E-state index in [9.17, 15) is 31.2 Å². The number of halogens is 4. The smallest absolute Gasteiger partial charge is 0.417 e. The Hall–Kier alpha value is -2.99. The minimum atomic E-state index is -4.84. The van der Waals surface area contributed by atoms with Gasteiger partial charge in [0, 0.05) is 12.6 Å². The van der Waals surface area contributed by atoms with Crippen molar-refractivity contribution in [1.82, 2.24) is 10.2 Å². The fourth-order valence-electron chi connectivity index (χ4n) is 3.73. The number of hydrogen-bond donors (Lipinski definition) is 1. The van der Waals surface area contributed by atoms with Gasteiger partial charge in [-0.25, -0.2) is 8.42 Å². The van der Waals surface area contributed by atoms with Crippen molar-refractivity contribution in [2.45, 2.75) is 52.0 Å². The number of anilines is 1. The molecule has 0 saturated heterocycles. The van der Waals surface area contributed by atoms with Gasteiger partial charge in [-0.1, -0.05) is 30.7 Å². The predicted molar refractivity (Wildman–Crippen MR) is 140 cm³/mol. The summed E-state index contributed by atoms with van der Waals surface area (Å²) >= 11 is 5.69. The molecule has 2 rings (SSSR count). The Kier molecular flexibility index (Phi) is 10.4. The highest BCUT2D eigenvalue weighted by Gasteiger charge is 2.36. The molecule has 0 aliphatic carbocycles. The second kappa shape index (κ2) is 12.7. The number of carbonyl (C=O) groups is 2. The van der Waals surface area contributed by atoms with Crippen LogP contribution < -0.4 is 14.4 Å². The number of hydrogen-bond acceptors (Lipinski definition) is 5. The first-order chi connectivity index (χ1) is 17.6. The Balaban J connectivity index is 2.52. The second-order valence-electron chi connectivity index (χ2n) is 8.89. The summed E-state index contributed by atoms with van der Waals surface area (Å²) in [5.74, 6) is -0.649. The largest absolute Gasteiger partial charge is 0.497 e. The molecule has 2 amide bonds. The quantitative estimate of drug-likeness (QED) is 0.425. The molecule has 0 bridgehead atoms. The summed E-state index contributed by atoms with van der Waals surface area (Å²) in [4.78, 5) is 27.8. The zero-order chi connectivity index (χ0) is 28.8. The van der Waals surface area contributed by atoms with Crippen LogP contribution in [0.15, 0.2) is 42.5 Å². The van der Waals surface area contributed by atoms with Crippen LogP contribution in [0.5, 0.6) is 5.75 Å². The van der Waals surface area contributed by atoms with Crippen molar-refractivity contribution in [3.63, 3.8) is 0 Å². The van der Waals surface area contributed by atoms with Crippen molar-refractivity contribution in [3.8, 4) is 5.75 Å². The van der Waals surface area contributed by atoms with E-state index in [-0.39, 0.29) is 24.7 Å².